The number of nitrogens with zero attached hydrogens (tertiary/aromatic N) is 1. The van der Waals surface area contributed by atoms with Gasteiger partial charge in [-0.25, -0.2) is 14.7 Å². The molecule has 2 atom stereocenters. The largest absolute Gasteiger partial charge is 0.765 e. The quantitative estimate of drug-likeness (QED) is 0.152. The van der Waals surface area contributed by atoms with Gasteiger partial charge < -0.3 is 9.74 Å². The molecule has 0 bridgehead atoms. The summed E-state index contributed by atoms with van der Waals surface area (Å²) in [6.45, 7) is 8.67. The molecule has 0 heterocycles. The lowest BCUT2D eigenvalue weighted by molar-refractivity contribution is -0.377. The molecule has 0 saturated heterocycles. The number of anilines is 1. The van der Waals surface area contributed by atoms with Crippen molar-refractivity contribution in [2.75, 3.05) is 40.2 Å². The number of likely N-dealkylation sites (N-methyl/N-ethyl adjacent to an activating group) is 1. The van der Waals surface area contributed by atoms with Gasteiger partial charge in [0.05, 0.1) is 27.4 Å². The maximum atomic E-state index is 6.07. The van der Waals surface area contributed by atoms with Crippen molar-refractivity contribution in [1.82, 2.24) is 4.90 Å². The molecule has 0 radical (unpaired) electrons. The number of hydrogen-bond donors (Lipinski definition) is 1. The van der Waals surface area contributed by atoms with Crippen molar-refractivity contribution in [3.63, 3.8) is 0 Å². The van der Waals surface area contributed by atoms with Crippen molar-refractivity contribution in [3.05, 3.63) is 42.5 Å². The minimum Gasteiger partial charge on any atom is -0.388 e. The van der Waals surface area contributed by atoms with Crippen LogP contribution in [0, 0.1) is 0 Å². The first-order chi connectivity index (χ1) is 13.5. The minimum atomic E-state index is -3.89. The van der Waals surface area contributed by atoms with Crippen molar-refractivity contribution < 1.29 is 32.8 Å². The molecule has 0 saturated carbocycles. The van der Waals surface area contributed by atoms with Crippen molar-refractivity contribution in [2.24, 2.45) is 0 Å². The van der Waals surface area contributed by atoms with E-state index in [1.54, 1.807) is 0 Å². The van der Waals surface area contributed by atoms with Gasteiger partial charge in [0.25, 0.3) is 0 Å². The van der Waals surface area contributed by atoms with Crippen LogP contribution in [0.4, 0.5) is 5.69 Å². The lowest BCUT2D eigenvalue weighted by atomic mass is 10.0. The second-order valence-electron chi connectivity index (χ2n) is 5.61. The van der Waals surface area contributed by atoms with Crippen LogP contribution in [0.25, 0.3) is 0 Å². The highest BCUT2D eigenvalue weighted by molar-refractivity contribution is 6.52. The van der Waals surface area contributed by atoms with E-state index in [4.69, 9.17) is 32.8 Å². The van der Waals surface area contributed by atoms with Crippen LogP contribution in [0.15, 0.2) is 36.9 Å². The fourth-order valence-corrected chi connectivity index (χ4v) is 4.30. The Hall–Kier alpha value is -1.34. The number of nitrogens with one attached hydrogen (secondary N) is 1. The SMILES string of the molecule is C=CC(c1ccc(NC)cc1)N(CC)C(CC)O[Si](OOC)(OOC)OOC. The predicted octanol–water partition coefficient (Wildman–Crippen LogP) is 3.20. The highest BCUT2D eigenvalue weighted by Gasteiger charge is 2.54. The van der Waals surface area contributed by atoms with Gasteiger partial charge in [-0.15, -0.1) is 6.58 Å². The zero-order chi connectivity index (χ0) is 21.0. The number of hydrogen-bond acceptors (Lipinski definition) is 9. The van der Waals surface area contributed by atoms with Crippen LogP contribution in [-0.2, 0) is 32.8 Å². The minimum absolute atomic E-state index is 0.111. The Morgan fingerprint density at radius 2 is 1.57 bits per heavy atom. The van der Waals surface area contributed by atoms with E-state index in [-0.39, 0.29) is 6.04 Å². The normalized spacial score (nSPS) is 14.1. The van der Waals surface area contributed by atoms with Crippen molar-refractivity contribution >= 4 is 14.7 Å². The van der Waals surface area contributed by atoms with Gasteiger partial charge in [0, 0.05) is 12.7 Å². The molecule has 0 aliphatic carbocycles. The molecule has 1 N–H and O–H groups in total. The fraction of sp³-hybridized carbons (Fsp3) is 0.556. The van der Waals surface area contributed by atoms with Crippen LogP contribution in [0.3, 0.4) is 0 Å². The van der Waals surface area contributed by atoms with E-state index < -0.39 is 15.3 Å². The van der Waals surface area contributed by atoms with Gasteiger partial charge in [0.2, 0.25) is 0 Å². The molecule has 9 nitrogen and oxygen atoms in total. The zero-order valence-corrected chi connectivity index (χ0v) is 18.5. The van der Waals surface area contributed by atoms with E-state index in [9.17, 15) is 0 Å². The second kappa shape index (κ2) is 13.0. The van der Waals surface area contributed by atoms with Crippen molar-refractivity contribution in [1.29, 1.82) is 0 Å². The van der Waals surface area contributed by atoms with E-state index in [0.717, 1.165) is 11.3 Å². The predicted molar refractivity (Wildman–Crippen MR) is 107 cm³/mol. The first kappa shape index (κ1) is 24.7. The molecular weight excluding hydrogens is 384 g/mol. The molecule has 0 amide bonds. The van der Waals surface area contributed by atoms with Gasteiger partial charge >= 0.3 is 9.05 Å². The summed E-state index contributed by atoms with van der Waals surface area (Å²) in [7, 11) is 1.95. The van der Waals surface area contributed by atoms with E-state index in [0.29, 0.717) is 13.0 Å². The summed E-state index contributed by atoms with van der Waals surface area (Å²) < 4.78 is 21.5. The van der Waals surface area contributed by atoms with Crippen LogP contribution in [0.2, 0.25) is 0 Å². The molecule has 0 spiro atoms. The van der Waals surface area contributed by atoms with Gasteiger partial charge in [0.15, 0.2) is 0 Å². The summed E-state index contributed by atoms with van der Waals surface area (Å²) in [4.78, 5) is 16.3. The Bertz CT molecular complexity index is 544. The summed E-state index contributed by atoms with van der Waals surface area (Å²) in [5, 5.41) is 3.11. The molecule has 1 rings (SSSR count). The highest BCUT2D eigenvalue weighted by Crippen LogP contribution is 2.29. The van der Waals surface area contributed by atoms with Crippen LogP contribution < -0.4 is 5.32 Å². The van der Waals surface area contributed by atoms with Gasteiger partial charge in [-0.3, -0.25) is 4.90 Å². The Morgan fingerprint density at radius 1 is 1.04 bits per heavy atom. The lowest BCUT2D eigenvalue weighted by Crippen LogP contribution is -2.54. The maximum Gasteiger partial charge on any atom is 0.765 e. The van der Waals surface area contributed by atoms with Crippen LogP contribution in [0.5, 0.6) is 0 Å². The Balaban J connectivity index is 3.15. The Kier molecular flexibility index (Phi) is 11.5. The van der Waals surface area contributed by atoms with Crippen molar-refractivity contribution in [3.8, 4) is 0 Å². The maximum absolute atomic E-state index is 6.07. The van der Waals surface area contributed by atoms with Gasteiger partial charge in [0.1, 0.15) is 6.23 Å². The second-order valence-corrected chi connectivity index (χ2v) is 7.35. The van der Waals surface area contributed by atoms with Crippen LogP contribution >= 0.6 is 0 Å². The van der Waals surface area contributed by atoms with E-state index in [1.807, 2.05) is 51.2 Å². The lowest BCUT2D eigenvalue weighted by Gasteiger charge is -2.38. The first-order valence-corrected chi connectivity index (χ1v) is 10.7. The van der Waals surface area contributed by atoms with Crippen LogP contribution in [-0.4, -0.2) is 55.1 Å². The first-order valence-electron chi connectivity index (χ1n) is 9.03. The van der Waals surface area contributed by atoms with Gasteiger partial charge in [-0.2, -0.15) is 13.7 Å². The molecule has 2 unspecified atom stereocenters. The average Bonchev–Trinajstić information content (AvgIpc) is 2.71. The third kappa shape index (κ3) is 6.62. The van der Waals surface area contributed by atoms with Crippen LogP contribution in [0.1, 0.15) is 31.9 Å². The molecule has 1 aromatic rings. The van der Waals surface area contributed by atoms with Gasteiger partial charge in [-0.05, 0) is 30.7 Å². The standard InChI is InChI=1S/C18H32N2O7Si/c1-8-17(15-11-13-16(19-4)14-12-15)20(10-3)18(9-2)24-28(25-21-5,26-22-6)27-23-7/h8,11-14,17-19H,1,9-10H2,2-7H3. The van der Waals surface area contributed by atoms with E-state index in [1.165, 1.54) is 21.3 Å². The Morgan fingerprint density at radius 3 is 1.93 bits per heavy atom. The molecule has 1 aromatic carbocycles. The molecule has 0 aliphatic heterocycles. The van der Waals surface area contributed by atoms with E-state index in [2.05, 4.69) is 16.8 Å². The molecule has 0 aromatic heterocycles. The van der Waals surface area contributed by atoms with Crippen molar-refractivity contribution in [2.45, 2.75) is 32.5 Å². The smallest absolute Gasteiger partial charge is 0.388 e. The third-order valence-electron chi connectivity index (χ3n) is 4.04. The molecule has 0 aliphatic rings. The molecule has 28 heavy (non-hydrogen) atoms. The summed E-state index contributed by atoms with van der Waals surface area (Å²) in [6.07, 6.45) is 2.01. The average molecular weight is 417 g/mol. The molecule has 10 heteroatoms. The third-order valence-corrected chi connectivity index (χ3v) is 5.72. The summed E-state index contributed by atoms with van der Waals surface area (Å²) in [5.74, 6) is 0. The van der Waals surface area contributed by atoms with E-state index >= 15 is 0 Å². The number of benzene rings is 1. The summed E-state index contributed by atoms with van der Waals surface area (Å²) in [5.41, 5.74) is 2.10. The fourth-order valence-electron chi connectivity index (χ4n) is 2.85. The molecule has 160 valence electrons. The monoisotopic (exact) mass is 416 g/mol. The molecule has 0 fully saturated rings. The Labute approximate surface area is 168 Å². The highest BCUT2D eigenvalue weighted by atomic mass is 28.4. The summed E-state index contributed by atoms with van der Waals surface area (Å²) >= 11 is 0. The number of rotatable bonds is 15. The zero-order valence-electron chi connectivity index (χ0n) is 17.5. The summed E-state index contributed by atoms with van der Waals surface area (Å²) in [6, 6.07) is 8.00. The molecular formula is C18H32N2O7Si. The van der Waals surface area contributed by atoms with Gasteiger partial charge in [-0.1, -0.05) is 32.1 Å². The topological polar surface area (TPSA) is 79.9 Å².